The second kappa shape index (κ2) is 3.29. The van der Waals surface area contributed by atoms with Gasteiger partial charge in [-0.2, -0.15) is 0 Å². The largest absolute Gasteiger partial charge is 0.506 e. The van der Waals surface area contributed by atoms with E-state index >= 15 is 0 Å². The predicted molar refractivity (Wildman–Crippen MR) is 51.3 cm³/mol. The van der Waals surface area contributed by atoms with E-state index in [1.165, 1.54) is 18.7 Å². The number of para-hydroxylation sites is 1. The van der Waals surface area contributed by atoms with Crippen molar-refractivity contribution in [3.8, 4) is 17.1 Å². The molecule has 3 N–H and O–H groups in total. The van der Waals surface area contributed by atoms with Gasteiger partial charge in [-0.05, 0) is 12.1 Å². The van der Waals surface area contributed by atoms with Crippen LogP contribution in [0.4, 0.5) is 5.69 Å². The van der Waals surface area contributed by atoms with Gasteiger partial charge < -0.3 is 10.8 Å². The molecule has 0 amide bonds. The van der Waals surface area contributed by atoms with Crippen LogP contribution in [0, 0.1) is 0 Å². The van der Waals surface area contributed by atoms with Crippen LogP contribution in [-0.2, 0) is 0 Å². The smallest absolute Gasteiger partial charge is 0.164 e. The second-order valence-corrected chi connectivity index (χ2v) is 2.70. The molecule has 0 saturated carbocycles. The van der Waals surface area contributed by atoms with E-state index in [1.54, 1.807) is 12.1 Å². The summed E-state index contributed by atoms with van der Waals surface area (Å²) >= 11 is 0. The molecule has 0 saturated heterocycles. The summed E-state index contributed by atoms with van der Waals surface area (Å²) in [6.07, 6.45) is 2.76. The van der Waals surface area contributed by atoms with Gasteiger partial charge in [0.05, 0.1) is 5.69 Å². The molecule has 2 aromatic rings. The van der Waals surface area contributed by atoms with Crippen molar-refractivity contribution in [2.24, 2.45) is 0 Å². The molecule has 1 aromatic carbocycles. The summed E-state index contributed by atoms with van der Waals surface area (Å²) in [5, 5.41) is 9.37. The van der Waals surface area contributed by atoms with E-state index in [4.69, 9.17) is 5.73 Å². The highest BCUT2D eigenvalue weighted by Crippen LogP contribution is 2.29. The van der Waals surface area contributed by atoms with E-state index in [9.17, 15) is 5.11 Å². The topological polar surface area (TPSA) is 84.9 Å². The van der Waals surface area contributed by atoms with Gasteiger partial charge in [-0.1, -0.05) is 6.07 Å². The Kier molecular flexibility index (Phi) is 1.98. The van der Waals surface area contributed by atoms with Crippen LogP contribution in [0.3, 0.4) is 0 Å². The zero-order valence-corrected chi connectivity index (χ0v) is 7.25. The molecule has 5 heteroatoms. The number of phenolic OH excluding ortho intramolecular Hbond substituents is 1. The number of nitrogens with two attached hydrogens (primary N) is 1. The molecule has 0 aliphatic carbocycles. The third-order valence-electron chi connectivity index (χ3n) is 1.82. The molecule has 1 aromatic heterocycles. The predicted octanol–water partition coefficient (Wildman–Crippen LogP) is 0.826. The van der Waals surface area contributed by atoms with Crippen molar-refractivity contribution in [2.45, 2.75) is 0 Å². The zero-order chi connectivity index (χ0) is 9.97. The molecule has 0 spiro atoms. The molecule has 0 unspecified atom stereocenters. The Morgan fingerprint density at radius 3 is 2.57 bits per heavy atom. The number of anilines is 1. The summed E-state index contributed by atoms with van der Waals surface area (Å²) < 4.78 is 0. The lowest BCUT2D eigenvalue weighted by Crippen LogP contribution is -1.94. The first-order valence-corrected chi connectivity index (χ1v) is 3.99. The average Bonchev–Trinajstić information content (AvgIpc) is 2.23. The van der Waals surface area contributed by atoms with Crippen LogP contribution in [0.25, 0.3) is 11.4 Å². The van der Waals surface area contributed by atoms with Crippen molar-refractivity contribution in [3.05, 3.63) is 30.9 Å². The zero-order valence-electron chi connectivity index (χ0n) is 7.25. The van der Waals surface area contributed by atoms with Crippen LogP contribution < -0.4 is 5.73 Å². The van der Waals surface area contributed by atoms with Gasteiger partial charge in [-0.3, -0.25) is 0 Å². The first-order chi connectivity index (χ1) is 6.79. The summed E-state index contributed by atoms with van der Waals surface area (Å²) in [4.78, 5) is 11.6. The Balaban J connectivity index is 2.58. The van der Waals surface area contributed by atoms with Gasteiger partial charge in [0.2, 0.25) is 0 Å². The lowest BCUT2D eigenvalue weighted by molar-refractivity contribution is 0.478. The number of nitrogens with zero attached hydrogens (tertiary/aromatic N) is 3. The van der Waals surface area contributed by atoms with Gasteiger partial charge in [-0.25, -0.2) is 15.0 Å². The Hall–Kier alpha value is -2.17. The van der Waals surface area contributed by atoms with Gasteiger partial charge >= 0.3 is 0 Å². The van der Waals surface area contributed by atoms with Crippen LogP contribution in [0.15, 0.2) is 30.9 Å². The maximum absolute atomic E-state index is 9.37. The Bertz CT molecular complexity index is 444. The number of nitrogen functional groups attached to an aromatic ring is 1. The summed E-state index contributed by atoms with van der Waals surface area (Å²) in [5.74, 6) is 0.483. The van der Waals surface area contributed by atoms with Crippen molar-refractivity contribution in [3.63, 3.8) is 0 Å². The van der Waals surface area contributed by atoms with Crippen molar-refractivity contribution < 1.29 is 5.11 Å². The number of aromatic nitrogens is 3. The average molecular weight is 188 g/mol. The molecule has 2 rings (SSSR count). The van der Waals surface area contributed by atoms with Crippen LogP contribution in [-0.4, -0.2) is 20.1 Å². The minimum Gasteiger partial charge on any atom is -0.506 e. The monoisotopic (exact) mass is 188 g/mol. The lowest BCUT2D eigenvalue weighted by atomic mass is 10.1. The van der Waals surface area contributed by atoms with Crippen LogP contribution in [0.1, 0.15) is 0 Å². The normalized spacial score (nSPS) is 10.0. The molecule has 70 valence electrons. The fourth-order valence-electron chi connectivity index (χ4n) is 1.13. The van der Waals surface area contributed by atoms with E-state index in [0.717, 1.165) is 0 Å². The summed E-state index contributed by atoms with van der Waals surface area (Å²) in [5.41, 5.74) is 6.54. The number of rotatable bonds is 1. The Morgan fingerprint density at radius 2 is 1.86 bits per heavy atom. The van der Waals surface area contributed by atoms with E-state index in [2.05, 4.69) is 15.0 Å². The first-order valence-electron chi connectivity index (χ1n) is 3.99. The standard InChI is InChI=1S/C9H8N4O/c10-8-6(2-1-3-7(8)14)9-12-4-11-5-13-9/h1-5,14H,10H2. The molecule has 1 heterocycles. The summed E-state index contributed by atoms with van der Waals surface area (Å²) in [6.45, 7) is 0. The highest BCUT2D eigenvalue weighted by Gasteiger charge is 2.07. The highest BCUT2D eigenvalue weighted by molar-refractivity contribution is 5.76. The molecule has 0 radical (unpaired) electrons. The fraction of sp³-hybridized carbons (Fsp3) is 0. The lowest BCUT2D eigenvalue weighted by Gasteiger charge is -2.04. The maximum Gasteiger partial charge on any atom is 0.164 e. The van der Waals surface area contributed by atoms with Gasteiger partial charge in [0.1, 0.15) is 18.4 Å². The fourth-order valence-corrected chi connectivity index (χ4v) is 1.13. The van der Waals surface area contributed by atoms with Crippen LogP contribution in [0.5, 0.6) is 5.75 Å². The Labute approximate surface area is 80.3 Å². The third-order valence-corrected chi connectivity index (χ3v) is 1.82. The highest BCUT2D eigenvalue weighted by atomic mass is 16.3. The molecule has 5 nitrogen and oxygen atoms in total. The van der Waals surface area contributed by atoms with Gasteiger partial charge in [-0.15, -0.1) is 0 Å². The molecular formula is C9H8N4O. The quantitative estimate of drug-likeness (QED) is 0.511. The molecule has 0 aliphatic heterocycles. The number of aromatic hydroxyl groups is 1. The van der Waals surface area contributed by atoms with E-state index < -0.39 is 0 Å². The van der Waals surface area contributed by atoms with E-state index in [0.29, 0.717) is 11.4 Å². The molecule has 14 heavy (non-hydrogen) atoms. The van der Waals surface area contributed by atoms with Crippen molar-refractivity contribution >= 4 is 5.69 Å². The summed E-state index contributed by atoms with van der Waals surface area (Å²) in [6, 6.07) is 4.94. The van der Waals surface area contributed by atoms with E-state index in [-0.39, 0.29) is 11.4 Å². The molecule has 0 atom stereocenters. The van der Waals surface area contributed by atoms with Crippen molar-refractivity contribution in [1.29, 1.82) is 0 Å². The summed E-state index contributed by atoms with van der Waals surface area (Å²) in [7, 11) is 0. The number of hydrogen-bond donors (Lipinski definition) is 2. The molecule has 0 fully saturated rings. The van der Waals surface area contributed by atoms with Gasteiger partial charge in [0.25, 0.3) is 0 Å². The van der Waals surface area contributed by atoms with Gasteiger partial charge in [0, 0.05) is 5.56 Å². The minimum absolute atomic E-state index is 0.0305. The third kappa shape index (κ3) is 1.35. The molecule has 0 aliphatic rings. The van der Waals surface area contributed by atoms with Crippen LogP contribution >= 0.6 is 0 Å². The number of phenols is 1. The SMILES string of the molecule is Nc1c(O)cccc1-c1ncncn1. The Morgan fingerprint density at radius 1 is 1.14 bits per heavy atom. The van der Waals surface area contributed by atoms with E-state index in [1.807, 2.05) is 0 Å². The van der Waals surface area contributed by atoms with Crippen molar-refractivity contribution in [2.75, 3.05) is 5.73 Å². The number of benzene rings is 1. The van der Waals surface area contributed by atoms with Gasteiger partial charge in [0.15, 0.2) is 5.82 Å². The number of hydrogen-bond acceptors (Lipinski definition) is 5. The minimum atomic E-state index is 0.0305. The molecule has 0 bridgehead atoms. The first kappa shape index (κ1) is 8.43. The van der Waals surface area contributed by atoms with Crippen LogP contribution in [0.2, 0.25) is 0 Å². The van der Waals surface area contributed by atoms with Crippen molar-refractivity contribution in [1.82, 2.24) is 15.0 Å². The molecular weight excluding hydrogens is 180 g/mol. The maximum atomic E-state index is 9.37. The second-order valence-electron chi connectivity index (χ2n) is 2.70.